The molecule has 1 N–H and O–H groups in total. The van der Waals surface area contributed by atoms with Gasteiger partial charge in [-0.2, -0.15) is 0 Å². The lowest BCUT2D eigenvalue weighted by Crippen LogP contribution is -2.19. The summed E-state index contributed by atoms with van der Waals surface area (Å²) in [5.74, 6) is -0.886. The Labute approximate surface area is 168 Å². The molecule has 0 unspecified atom stereocenters. The van der Waals surface area contributed by atoms with Crippen LogP contribution in [0.25, 0.3) is 0 Å². The molecule has 0 saturated heterocycles. The van der Waals surface area contributed by atoms with E-state index in [1.807, 2.05) is 60.4 Å². The van der Waals surface area contributed by atoms with E-state index in [4.69, 9.17) is 23.2 Å². The van der Waals surface area contributed by atoms with Gasteiger partial charge in [0.15, 0.2) is 0 Å². The number of anilines is 2. The number of hydrogen-bond donors (Lipinski definition) is 1. The van der Waals surface area contributed by atoms with Crippen molar-refractivity contribution in [3.05, 3.63) is 93.5 Å². The first kappa shape index (κ1) is 19.3. The molecule has 0 atom stereocenters. The zero-order valence-corrected chi connectivity index (χ0v) is 16.3. The van der Waals surface area contributed by atoms with Crippen LogP contribution in [0.5, 0.6) is 0 Å². The number of nitrogens with zero attached hydrogens (tertiary/aromatic N) is 1. The predicted molar refractivity (Wildman–Crippen MR) is 111 cm³/mol. The minimum absolute atomic E-state index is 0.0807. The summed E-state index contributed by atoms with van der Waals surface area (Å²) in [5, 5.41) is 10.3. The molecule has 0 aliphatic heterocycles. The second kappa shape index (κ2) is 8.47. The molecule has 0 aromatic heterocycles. The van der Waals surface area contributed by atoms with Gasteiger partial charge in [-0.1, -0.05) is 77.3 Å². The summed E-state index contributed by atoms with van der Waals surface area (Å²) in [4.78, 5) is 13.3. The van der Waals surface area contributed by atoms with Gasteiger partial charge in [0.1, 0.15) is 0 Å². The quantitative estimate of drug-likeness (QED) is 0.530. The molecule has 3 aromatic carbocycles. The van der Waals surface area contributed by atoms with Crippen LogP contribution in [0.4, 0.5) is 11.4 Å². The van der Waals surface area contributed by atoms with Crippen molar-refractivity contribution in [3.8, 4) is 0 Å². The molecule has 0 amide bonds. The van der Waals surface area contributed by atoms with Gasteiger partial charge in [0, 0.05) is 12.2 Å². The molecule has 0 heterocycles. The Morgan fingerprint density at radius 2 is 1.56 bits per heavy atom. The van der Waals surface area contributed by atoms with Crippen molar-refractivity contribution in [1.29, 1.82) is 0 Å². The van der Waals surface area contributed by atoms with Crippen LogP contribution < -0.4 is 4.90 Å². The molecule has 0 saturated carbocycles. The predicted octanol–water partition coefficient (Wildman–Crippen LogP) is 6.27. The van der Waals surface area contributed by atoms with Crippen LogP contribution in [0.1, 0.15) is 16.7 Å². The zero-order valence-electron chi connectivity index (χ0n) is 14.8. The summed E-state index contributed by atoms with van der Waals surface area (Å²) in [6.45, 7) is 2.55. The summed E-state index contributed by atoms with van der Waals surface area (Å²) in [6.07, 6.45) is -0.0807. The van der Waals surface area contributed by atoms with Crippen LogP contribution >= 0.6 is 23.2 Å². The van der Waals surface area contributed by atoms with E-state index in [1.54, 1.807) is 18.2 Å². The number of aryl methyl sites for hydroxylation is 1. The number of benzene rings is 3. The number of carbonyl (C=O) groups is 1. The van der Waals surface area contributed by atoms with Gasteiger partial charge >= 0.3 is 5.97 Å². The first-order valence-corrected chi connectivity index (χ1v) is 9.28. The Morgan fingerprint density at radius 1 is 0.926 bits per heavy atom. The van der Waals surface area contributed by atoms with E-state index in [1.165, 1.54) is 5.56 Å². The molecule has 0 bridgehead atoms. The lowest BCUT2D eigenvalue weighted by Gasteiger charge is -2.29. The third-order valence-electron chi connectivity index (χ3n) is 4.29. The summed E-state index contributed by atoms with van der Waals surface area (Å²) in [5.41, 5.74) is 4.39. The maximum absolute atomic E-state index is 11.3. The molecule has 5 heteroatoms. The molecule has 0 radical (unpaired) electrons. The van der Waals surface area contributed by atoms with E-state index in [0.717, 1.165) is 11.3 Å². The van der Waals surface area contributed by atoms with Gasteiger partial charge < -0.3 is 10.0 Å². The van der Waals surface area contributed by atoms with Crippen molar-refractivity contribution in [2.75, 3.05) is 4.90 Å². The van der Waals surface area contributed by atoms with E-state index in [2.05, 4.69) is 0 Å². The summed E-state index contributed by atoms with van der Waals surface area (Å²) >= 11 is 13.0. The monoisotopic (exact) mass is 399 g/mol. The maximum Gasteiger partial charge on any atom is 0.307 e. The highest BCUT2D eigenvalue weighted by Gasteiger charge is 2.20. The van der Waals surface area contributed by atoms with Crippen LogP contribution in [0, 0.1) is 6.92 Å². The van der Waals surface area contributed by atoms with Crippen LogP contribution in [0.15, 0.2) is 66.7 Å². The van der Waals surface area contributed by atoms with Gasteiger partial charge in [0.2, 0.25) is 0 Å². The molecular formula is C22H19Cl2NO2. The average Bonchev–Trinajstić information content (AvgIpc) is 2.62. The van der Waals surface area contributed by atoms with E-state index in [9.17, 15) is 9.90 Å². The fourth-order valence-corrected chi connectivity index (χ4v) is 3.60. The Balaban J connectivity index is 2.13. The summed E-state index contributed by atoms with van der Waals surface area (Å²) in [7, 11) is 0. The number of halogens is 2. The first-order valence-electron chi connectivity index (χ1n) is 8.52. The van der Waals surface area contributed by atoms with Crippen molar-refractivity contribution < 1.29 is 9.90 Å². The molecule has 3 nitrogen and oxygen atoms in total. The maximum atomic E-state index is 11.3. The number of aliphatic carboxylic acids is 1. The van der Waals surface area contributed by atoms with Gasteiger partial charge in [-0.05, 0) is 36.2 Å². The second-order valence-corrected chi connectivity index (χ2v) is 7.16. The molecule has 0 fully saturated rings. The first-order chi connectivity index (χ1) is 13.0. The van der Waals surface area contributed by atoms with Crippen molar-refractivity contribution in [3.63, 3.8) is 0 Å². The average molecular weight is 400 g/mol. The number of carboxylic acid groups (broad SMARTS) is 1. The van der Waals surface area contributed by atoms with Crippen molar-refractivity contribution in [2.45, 2.75) is 19.9 Å². The van der Waals surface area contributed by atoms with Crippen LogP contribution in [-0.2, 0) is 17.8 Å². The normalized spacial score (nSPS) is 10.6. The molecule has 27 heavy (non-hydrogen) atoms. The Bertz CT molecular complexity index is 935. The topological polar surface area (TPSA) is 40.5 Å². The second-order valence-electron chi connectivity index (χ2n) is 6.34. The zero-order chi connectivity index (χ0) is 19.4. The number of para-hydroxylation sites is 2. The number of carboxylic acids is 1. The lowest BCUT2D eigenvalue weighted by molar-refractivity contribution is -0.136. The fraction of sp³-hybridized carbons (Fsp3) is 0.136. The third-order valence-corrected chi connectivity index (χ3v) is 4.90. The minimum atomic E-state index is -0.886. The van der Waals surface area contributed by atoms with Crippen LogP contribution in [-0.4, -0.2) is 11.1 Å². The van der Waals surface area contributed by atoms with E-state index < -0.39 is 5.97 Å². The summed E-state index contributed by atoms with van der Waals surface area (Å²) in [6, 6.07) is 21.0. The molecule has 138 valence electrons. The molecule has 0 aliphatic rings. The smallest absolute Gasteiger partial charge is 0.307 e. The highest BCUT2D eigenvalue weighted by molar-refractivity contribution is 6.39. The highest BCUT2D eigenvalue weighted by atomic mass is 35.5. The van der Waals surface area contributed by atoms with Gasteiger partial charge in [-0.25, -0.2) is 0 Å². The standard InChI is InChI=1S/C22H19Cl2NO2/c1-15-9-11-16(12-10-15)14-25(22-18(23)6-4-7-19(22)24)20-8-3-2-5-17(20)13-21(26)27/h2-12H,13-14H2,1H3,(H,26,27). The van der Waals surface area contributed by atoms with Gasteiger partial charge in [-0.15, -0.1) is 0 Å². The van der Waals surface area contributed by atoms with Gasteiger partial charge in [-0.3, -0.25) is 4.79 Å². The van der Waals surface area contributed by atoms with Crippen molar-refractivity contribution in [1.82, 2.24) is 0 Å². The van der Waals surface area contributed by atoms with Crippen LogP contribution in [0.3, 0.4) is 0 Å². The Kier molecular flexibility index (Phi) is 6.04. The van der Waals surface area contributed by atoms with Crippen LogP contribution in [0.2, 0.25) is 10.0 Å². The molecule has 0 spiro atoms. The van der Waals surface area contributed by atoms with E-state index in [-0.39, 0.29) is 6.42 Å². The van der Waals surface area contributed by atoms with Crippen molar-refractivity contribution >= 4 is 40.5 Å². The molecule has 3 rings (SSSR count). The highest BCUT2D eigenvalue weighted by Crippen LogP contribution is 2.40. The van der Waals surface area contributed by atoms with Crippen molar-refractivity contribution in [2.24, 2.45) is 0 Å². The molecular weight excluding hydrogens is 381 g/mol. The van der Waals surface area contributed by atoms with E-state index >= 15 is 0 Å². The van der Waals surface area contributed by atoms with Gasteiger partial charge in [0.25, 0.3) is 0 Å². The van der Waals surface area contributed by atoms with Gasteiger partial charge in [0.05, 0.1) is 22.2 Å². The SMILES string of the molecule is Cc1ccc(CN(c2ccccc2CC(=O)O)c2c(Cl)cccc2Cl)cc1. The largest absolute Gasteiger partial charge is 0.481 e. The Hall–Kier alpha value is -2.49. The fourth-order valence-electron chi connectivity index (χ4n) is 2.99. The number of rotatable bonds is 6. The summed E-state index contributed by atoms with van der Waals surface area (Å²) < 4.78 is 0. The minimum Gasteiger partial charge on any atom is -0.481 e. The number of hydrogen-bond acceptors (Lipinski definition) is 2. The third kappa shape index (κ3) is 4.62. The van der Waals surface area contributed by atoms with E-state index in [0.29, 0.717) is 27.8 Å². The lowest BCUT2D eigenvalue weighted by atomic mass is 10.1. The Morgan fingerprint density at radius 3 is 2.19 bits per heavy atom. The molecule has 0 aliphatic carbocycles. The molecule has 3 aromatic rings.